The van der Waals surface area contributed by atoms with Gasteiger partial charge in [0.25, 0.3) is 0 Å². The zero-order chi connectivity index (χ0) is 12.7. The van der Waals surface area contributed by atoms with Crippen LogP contribution < -0.4 is 5.73 Å². The number of hydrogen-bond donors (Lipinski definition) is 1. The first-order chi connectivity index (χ1) is 8.65. The number of rotatable bonds is 1. The highest BCUT2D eigenvalue weighted by molar-refractivity contribution is 9.10. The summed E-state index contributed by atoms with van der Waals surface area (Å²) in [4.78, 5) is 8.75. The second-order valence-electron chi connectivity index (χ2n) is 3.97. The molecule has 2 N–H and O–H groups in total. The molecule has 0 saturated heterocycles. The van der Waals surface area contributed by atoms with Gasteiger partial charge in [0.2, 0.25) is 0 Å². The fourth-order valence-electron chi connectivity index (χ4n) is 1.87. The van der Waals surface area contributed by atoms with E-state index in [2.05, 4.69) is 25.9 Å². The first kappa shape index (κ1) is 11.9. The average molecular weight is 326 g/mol. The van der Waals surface area contributed by atoms with Crippen molar-refractivity contribution in [2.45, 2.75) is 11.5 Å². The van der Waals surface area contributed by atoms with Crippen LogP contribution in [0, 0.1) is 5.82 Å². The minimum atomic E-state index is -0.315. The summed E-state index contributed by atoms with van der Waals surface area (Å²) in [6.07, 6.45) is 0. The molecule has 0 bridgehead atoms. The molecule has 1 aliphatic rings. The van der Waals surface area contributed by atoms with Gasteiger partial charge in [0, 0.05) is 27.1 Å². The Morgan fingerprint density at radius 1 is 1.28 bits per heavy atom. The lowest BCUT2D eigenvalue weighted by Gasteiger charge is -2.07. The second kappa shape index (κ2) is 4.51. The molecule has 92 valence electrons. The van der Waals surface area contributed by atoms with Crippen LogP contribution in [0.2, 0.25) is 0 Å². The fraction of sp³-hybridized carbons (Fsp3) is 0.167. The molecule has 0 spiro atoms. The molecular weight excluding hydrogens is 317 g/mol. The molecule has 0 fully saturated rings. The van der Waals surface area contributed by atoms with Crippen molar-refractivity contribution in [3.63, 3.8) is 0 Å². The summed E-state index contributed by atoms with van der Waals surface area (Å²) in [5.41, 5.74) is 8.52. The Morgan fingerprint density at radius 2 is 2.11 bits per heavy atom. The molecule has 1 aromatic carbocycles. The van der Waals surface area contributed by atoms with E-state index in [-0.39, 0.29) is 5.82 Å². The van der Waals surface area contributed by atoms with Crippen LogP contribution in [0.25, 0.3) is 11.4 Å². The van der Waals surface area contributed by atoms with Crippen LogP contribution in [0.5, 0.6) is 0 Å². The lowest BCUT2D eigenvalue weighted by Crippen LogP contribution is -2.03. The van der Waals surface area contributed by atoms with Crippen molar-refractivity contribution in [2.24, 2.45) is 0 Å². The van der Waals surface area contributed by atoms with Gasteiger partial charge >= 0.3 is 0 Å². The first-order valence-electron chi connectivity index (χ1n) is 5.33. The summed E-state index contributed by atoms with van der Waals surface area (Å²) in [6, 6.07) is 4.44. The van der Waals surface area contributed by atoms with Crippen molar-refractivity contribution in [1.82, 2.24) is 9.97 Å². The van der Waals surface area contributed by atoms with Crippen LogP contribution in [0.3, 0.4) is 0 Å². The van der Waals surface area contributed by atoms with Gasteiger partial charge in [0.1, 0.15) is 11.6 Å². The second-order valence-corrected chi connectivity index (χ2v) is 5.81. The van der Waals surface area contributed by atoms with Gasteiger partial charge in [-0.2, -0.15) is 11.8 Å². The third kappa shape index (κ3) is 1.99. The van der Waals surface area contributed by atoms with Crippen molar-refractivity contribution < 1.29 is 4.39 Å². The molecule has 0 radical (unpaired) electrons. The summed E-state index contributed by atoms with van der Waals surface area (Å²) < 4.78 is 14.1. The lowest BCUT2D eigenvalue weighted by atomic mass is 10.2. The maximum atomic E-state index is 13.3. The number of aromatic nitrogens is 2. The van der Waals surface area contributed by atoms with Crippen molar-refractivity contribution >= 4 is 33.5 Å². The Labute approximate surface area is 116 Å². The van der Waals surface area contributed by atoms with Crippen molar-refractivity contribution in [1.29, 1.82) is 0 Å². The number of anilines is 1. The Morgan fingerprint density at radius 3 is 2.94 bits per heavy atom. The molecule has 3 rings (SSSR count). The van der Waals surface area contributed by atoms with E-state index in [0.717, 1.165) is 27.2 Å². The number of halogens is 2. The van der Waals surface area contributed by atoms with Crippen LogP contribution in [0.1, 0.15) is 11.3 Å². The van der Waals surface area contributed by atoms with Gasteiger partial charge in [-0.15, -0.1) is 0 Å². The molecule has 0 amide bonds. The van der Waals surface area contributed by atoms with E-state index in [1.807, 2.05) is 0 Å². The molecule has 2 heterocycles. The Bertz CT molecular complexity index is 633. The quantitative estimate of drug-likeness (QED) is 0.873. The zero-order valence-electron chi connectivity index (χ0n) is 9.28. The highest BCUT2D eigenvalue weighted by Crippen LogP contribution is 2.34. The number of nitrogens with zero attached hydrogens (tertiary/aromatic N) is 2. The third-order valence-electron chi connectivity index (χ3n) is 2.78. The normalized spacial score (nSPS) is 13.7. The molecule has 2 aromatic rings. The summed E-state index contributed by atoms with van der Waals surface area (Å²) in [5, 5.41) is 0. The number of hydrogen-bond acceptors (Lipinski definition) is 4. The first-order valence-corrected chi connectivity index (χ1v) is 7.28. The van der Waals surface area contributed by atoms with Gasteiger partial charge in [0.05, 0.1) is 5.69 Å². The van der Waals surface area contributed by atoms with E-state index >= 15 is 0 Å². The van der Waals surface area contributed by atoms with Crippen molar-refractivity contribution in [2.75, 3.05) is 5.73 Å². The lowest BCUT2D eigenvalue weighted by molar-refractivity contribution is 0.628. The van der Waals surface area contributed by atoms with E-state index in [1.54, 1.807) is 17.8 Å². The molecule has 3 nitrogen and oxygen atoms in total. The third-order valence-corrected chi connectivity index (χ3v) is 4.44. The number of nitrogen functional groups attached to an aromatic ring is 1. The van der Waals surface area contributed by atoms with Crippen LogP contribution in [-0.2, 0) is 11.5 Å². The van der Waals surface area contributed by atoms with Gasteiger partial charge in [-0.25, -0.2) is 14.4 Å². The summed E-state index contributed by atoms with van der Waals surface area (Å²) in [5.74, 6) is 2.34. The average Bonchev–Trinajstić information content (AvgIpc) is 2.81. The minimum Gasteiger partial charge on any atom is -0.383 e. The maximum Gasteiger partial charge on any atom is 0.163 e. The van der Waals surface area contributed by atoms with E-state index in [9.17, 15) is 4.39 Å². The van der Waals surface area contributed by atoms with Crippen molar-refractivity contribution in [3.05, 3.63) is 39.7 Å². The van der Waals surface area contributed by atoms with E-state index < -0.39 is 0 Å². The van der Waals surface area contributed by atoms with Crippen LogP contribution in [-0.4, -0.2) is 9.97 Å². The van der Waals surface area contributed by atoms with Gasteiger partial charge in [0.15, 0.2) is 5.82 Å². The fourth-order valence-corrected chi connectivity index (χ4v) is 3.34. The highest BCUT2D eigenvalue weighted by atomic mass is 79.9. The SMILES string of the molecule is Nc1nc(-c2cc(F)ccc2Br)nc2c1CSC2. The number of benzene rings is 1. The predicted molar refractivity (Wildman–Crippen MR) is 74.5 cm³/mol. The van der Waals surface area contributed by atoms with E-state index in [4.69, 9.17) is 5.73 Å². The molecule has 6 heteroatoms. The molecule has 1 aliphatic heterocycles. The summed E-state index contributed by atoms with van der Waals surface area (Å²) >= 11 is 5.14. The molecular formula is C12H9BrFN3S. The number of thioether (sulfide) groups is 1. The monoisotopic (exact) mass is 325 g/mol. The summed E-state index contributed by atoms with van der Waals surface area (Å²) in [7, 11) is 0. The van der Waals surface area contributed by atoms with Crippen LogP contribution >= 0.6 is 27.7 Å². The standard InChI is InChI=1S/C12H9BrFN3S/c13-9-2-1-6(14)3-7(9)12-16-10-5-18-4-8(10)11(15)17-12/h1-3H,4-5H2,(H2,15,16,17). The maximum absolute atomic E-state index is 13.3. The smallest absolute Gasteiger partial charge is 0.163 e. The molecule has 0 atom stereocenters. The van der Waals surface area contributed by atoms with Crippen LogP contribution in [0.15, 0.2) is 22.7 Å². The van der Waals surface area contributed by atoms with Crippen molar-refractivity contribution in [3.8, 4) is 11.4 Å². The molecule has 1 aromatic heterocycles. The van der Waals surface area contributed by atoms with Crippen LogP contribution in [0.4, 0.5) is 10.2 Å². The van der Waals surface area contributed by atoms with E-state index in [0.29, 0.717) is 17.2 Å². The highest BCUT2D eigenvalue weighted by Gasteiger charge is 2.19. The Hall–Kier alpha value is -1.14. The van der Waals surface area contributed by atoms with Gasteiger partial charge < -0.3 is 5.73 Å². The van der Waals surface area contributed by atoms with Gasteiger partial charge in [-0.1, -0.05) is 15.9 Å². The molecule has 18 heavy (non-hydrogen) atoms. The number of nitrogens with two attached hydrogens (primary N) is 1. The molecule has 0 saturated carbocycles. The predicted octanol–water partition coefficient (Wildman–Crippen LogP) is 3.37. The van der Waals surface area contributed by atoms with Gasteiger partial charge in [-0.3, -0.25) is 0 Å². The largest absolute Gasteiger partial charge is 0.383 e. The Kier molecular flexibility index (Phi) is 2.99. The number of fused-ring (bicyclic) bond motifs is 1. The molecule has 0 unspecified atom stereocenters. The van der Waals surface area contributed by atoms with E-state index in [1.165, 1.54) is 12.1 Å². The molecule has 0 aliphatic carbocycles. The summed E-state index contributed by atoms with van der Waals surface area (Å²) in [6.45, 7) is 0. The van der Waals surface area contributed by atoms with Gasteiger partial charge in [-0.05, 0) is 18.2 Å². The topological polar surface area (TPSA) is 51.8 Å². The Balaban J connectivity index is 2.18. The minimum absolute atomic E-state index is 0.315. The zero-order valence-corrected chi connectivity index (χ0v) is 11.7.